The minimum atomic E-state index is -3.64. The molecule has 31 heavy (non-hydrogen) atoms. The quantitative estimate of drug-likeness (QED) is 0.500. The van der Waals surface area contributed by atoms with Gasteiger partial charge in [0.2, 0.25) is 0 Å². The Hall–Kier alpha value is -3.25. The van der Waals surface area contributed by atoms with E-state index >= 15 is 0 Å². The summed E-state index contributed by atoms with van der Waals surface area (Å²) in [4.78, 5) is 7.03. The third-order valence-electron chi connectivity index (χ3n) is 5.42. The zero-order valence-corrected chi connectivity index (χ0v) is 18.2. The summed E-state index contributed by atoms with van der Waals surface area (Å²) in [6.45, 7) is 3.94. The van der Waals surface area contributed by atoms with Gasteiger partial charge in [0.1, 0.15) is 5.82 Å². The number of aromatic amines is 1. The lowest BCUT2D eigenvalue weighted by atomic mass is 10.1. The summed E-state index contributed by atoms with van der Waals surface area (Å²) in [6, 6.07) is 5.60. The van der Waals surface area contributed by atoms with Crippen molar-refractivity contribution in [3.8, 4) is 17.1 Å². The third kappa shape index (κ3) is 3.27. The number of rotatable bonds is 4. The average molecular weight is 443 g/mol. The van der Waals surface area contributed by atoms with Crippen molar-refractivity contribution < 1.29 is 13.2 Å². The van der Waals surface area contributed by atoms with E-state index < -0.39 is 9.84 Å². The molecule has 1 N–H and O–H groups in total. The summed E-state index contributed by atoms with van der Waals surface area (Å²) < 4.78 is 34.2. The maximum atomic E-state index is 12.7. The number of hydrogen-bond acceptors (Lipinski definition) is 8. The number of sulfone groups is 1. The molecule has 0 aliphatic carbocycles. The molecule has 11 nitrogen and oxygen atoms in total. The van der Waals surface area contributed by atoms with E-state index in [9.17, 15) is 8.42 Å². The van der Waals surface area contributed by atoms with Gasteiger partial charge in [-0.05, 0) is 19.1 Å². The second-order valence-electron chi connectivity index (χ2n) is 7.62. The third-order valence-corrected chi connectivity index (χ3v) is 6.40. The van der Waals surface area contributed by atoms with E-state index in [2.05, 4.69) is 32.2 Å². The molecule has 5 heterocycles. The molecule has 5 rings (SSSR count). The molecule has 1 aliphatic rings. The standard InChI is InChI=1S/C19H22N8O3S/c1-12-11-30-9-8-26(12)16-10-13(14-4-7-21-25(14)2)17-18(22-16)27(15-5-6-20-23-15)24-19(17)31(3,28)29/h4-7,10,12H,8-9,11H2,1-3H3,(H,20,23). The van der Waals surface area contributed by atoms with Crippen LogP contribution >= 0.6 is 0 Å². The van der Waals surface area contributed by atoms with Crippen molar-refractivity contribution in [2.75, 3.05) is 30.9 Å². The maximum absolute atomic E-state index is 12.7. The van der Waals surface area contributed by atoms with Gasteiger partial charge in [0.25, 0.3) is 0 Å². The lowest BCUT2D eigenvalue weighted by Gasteiger charge is -2.34. The van der Waals surface area contributed by atoms with Gasteiger partial charge in [0.05, 0.1) is 36.5 Å². The summed E-state index contributed by atoms with van der Waals surface area (Å²) in [5.41, 5.74) is 1.89. The highest BCUT2D eigenvalue weighted by Crippen LogP contribution is 2.36. The zero-order chi connectivity index (χ0) is 21.8. The number of nitrogens with one attached hydrogen (secondary N) is 1. The van der Waals surface area contributed by atoms with E-state index in [4.69, 9.17) is 9.72 Å². The predicted molar refractivity (Wildman–Crippen MR) is 114 cm³/mol. The highest BCUT2D eigenvalue weighted by molar-refractivity contribution is 7.90. The summed E-state index contributed by atoms with van der Waals surface area (Å²) in [6.07, 6.45) is 4.41. The van der Waals surface area contributed by atoms with Crippen molar-refractivity contribution >= 4 is 26.7 Å². The first-order valence-corrected chi connectivity index (χ1v) is 11.7. The fourth-order valence-corrected chi connectivity index (χ4v) is 4.72. The van der Waals surface area contributed by atoms with Crippen LogP contribution in [0.3, 0.4) is 0 Å². The van der Waals surface area contributed by atoms with E-state index in [1.165, 1.54) is 4.68 Å². The Balaban J connectivity index is 1.88. The molecule has 0 aromatic carbocycles. The van der Waals surface area contributed by atoms with Crippen molar-refractivity contribution in [2.45, 2.75) is 18.0 Å². The highest BCUT2D eigenvalue weighted by Gasteiger charge is 2.29. The summed E-state index contributed by atoms with van der Waals surface area (Å²) in [7, 11) is -1.83. The monoisotopic (exact) mass is 442 g/mol. The molecule has 1 unspecified atom stereocenters. The van der Waals surface area contributed by atoms with Gasteiger partial charge in [0.15, 0.2) is 26.3 Å². The SMILES string of the molecule is CC1COCCN1c1cc(-c2ccnn2C)c2c(S(C)(=O)=O)nn(-c3ccn[nH]3)c2n1. The number of ether oxygens (including phenoxy) is 1. The number of aryl methyl sites for hydroxylation is 1. The largest absolute Gasteiger partial charge is 0.377 e. The number of fused-ring (bicyclic) bond motifs is 1. The average Bonchev–Trinajstić information content (AvgIpc) is 3.46. The van der Waals surface area contributed by atoms with Gasteiger partial charge in [0, 0.05) is 37.7 Å². The molecule has 0 bridgehead atoms. The molecule has 4 aromatic rings. The summed E-state index contributed by atoms with van der Waals surface area (Å²) in [5.74, 6) is 1.25. The molecule has 1 fully saturated rings. The fraction of sp³-hybridized carbons (Fsp3) is 0.368. The maximum Gasteiger partial charge on any atom is 0.195 e. The van der Waals surface area contributed by atoms with Gasteiger partial charge in [-0.3, -0.25) is 9.78 Å². The number of hydrogen-bond donors (Lipinski definition) is 1. The first-order valence-electron chi connectivity index (χ1n) is 9.81. The van der Waals surface area contributed by atoms with Crippen molar-refractivity contribution in [3.05, 3.63) is 30.6 Å². The van der Waals surface area contributed by atoms with E-state index in [-0.39, 0.29) is 11.1 Å². The van der Waals surface area contributed by atoms with Crippen LogP contribution in [-0.4, -0.2) is 75.2 Å². The Morgan fingerprint density at radius 1 is 1.26 bits per heavy atom. The molecule has 1 saturated heterocycles. The fourth-order valence-electron chi connectivity index (χ4n) is 3.92. The van der Waals surface area contributed by atoms with Crippen LogP contribution in [0.15, 0.2) is 35.6 Å². The molecule has 162 valence electrons. The molecule has 0 amide bonds. The smallest absolute Gasteiger partial charge is 0.195 e. The predicted octanol–water partition coefficient (Wildman–Crippen LogP) is 1.17. The van der Waals surface area contributed by atoms with Crippen LogP contribution < -0.4 is 4.90 Å². The Bertz CT molecular complexity index is 1360. The molecular weight excluding hydrogens is 420 g/mol. The molecule has 4 aromatic heterocycles. The molecule has 1 atom stereocenters. The van der Waals surface area contributed by atoms with Crippen LogP contribution in [0.5, 0.6) is 0 Å². The number of nitrogens with zero attached hydrogens (tertiary/aromatic N) is 7. The van der Waals surface area contributed by atoms with Crippen LogP contribution in [0.1, 0.15) is 6.92 Å². The van der Waals surface area contributed by atoms with Gasteiger partial charge in [-0.2, -0.15) is 20.0 Å². The highest BCUT2D eigenvalue weighted by atomic mass is 32.2. The van der Waals surface area contributed by atoms with E-state index in [0.717, 1.165) is 17.8 Å². The number of aromatic nitrogens is 7. The number of H-pyrrole nitrogens is 1. The first-order chi connectivity index (χ1) is 14.8. The van der Waals surface area contributed by atoms with Crippen molar-refractivity contribution in [3.63, 3.8) is 0 Å². The minimum Gasteiger partial charge on any atom is -0.377 e. The molecule has 12 heteroatoms. The second-order valence-corrected chi connectivity index (χ2v) is 9.55. The normalized spacial score (nSPS) is 17.5. The second kappa shape index (κ2) is 7.17. The lowest BCUT2D eigenvalue weighted by molar-refractivity contribution is 0.0985. The first kappa shape index (κ1) is 19.7. The van der Waals surface area contributed by atoms with Gasteiger partial charge in [-0.15, -0.1) is 0 Å². The van der Waals surface area contributed by atoms with Crippen molar-refractivity contribution in [1.82, 2.24) is 34.7 Å². The van der Waals surface area contributed by atoms with Crippen LogP contribution in [0.4, 0.5) is 5.82 Å². The van der Waals surface area contributed by atoms with E-state index in [1.807, 2.05) is 19.2 Å². The Morgan fingerprint density at radius 2 is 2.10 bits per heavy atom. The summed E-state index contributed by atoms with van der Waals surface area (Å²) in [5, 5.41) is 15.9. The number of anilines is 1. The topological polar surface area (TPSA) is 124 Å². The minimum absolute atomic E-state index is 0.0395. The van der Waals surface area contributed by atoms with Gasteiger partial charge in [-0.25, -0.2) is 13.4 Å². The zero-order valence-electron chi connectivity index (χ0n) is 17.3. The van der Waals surface area contributed by atoms with Crippen LogP contribution in [-0.2, 0) is 21.6 Å². The molecule has 1 aliphatic heterocycles. The van der Waals surface area contributed by atoms with E-state index in [1.54, 1.807) is 23.1 Å². The molecule has 0 spiro atoms. The Labute approximate surface area is 178 Å². The molecular formula is C19H22N8O3S. The number of morpholine rings is 1. The molecule has 0 saturated carbocycles. The molecule has 0 radical (unpaired) electrons. The van der Waals surface area contributed by atoms with Crippen molar-refractivity contribution in [2.24, 2.45) is 7.05 Å². The van der Waals surface area contributed by atoms with E-state index in [0.29, 0.717) is 42.2 Å². The summed E-state index contributed by atoms with van der Waals surface area (Å²) >= 11 is 0. The van der Waals surface area contributed by atoms with Gasteiger partial charge < -0.3 is 9.64 Å². The Kier molecular flexibility index (Phi) is 4.55. The van der Waals surface area contributed by atoms with Gasteiger partial charge in [-0.1, -0.05) is 0 Å². The van der Waals surface area contributed by atoms with Crippen molar-refractivity contribution in [1.29, 1.82) is 0 Å². The van der Waals surface area contributed by atoms with Crippen LogP contribution in [0.2, 0.25) is 0 Å². The van der Waals surface area contributed by atoms with Gasteiger partial charge >= 0.3 is 0 Å². The Morgan fingerprint density at radius 3 is 2.74 bits per heavy atom. The van der Waals surface area contributed by atoms with Crippen LogP contribution in [0, 0.1) is 0 Å². The van der Waals surface area contributed by atoms with Crippen LogP contribution in [0.25, 0.3) is 28.1 Å². The number of pyridine rings is 1. The lowest BCUT2D eigenvalue weighted by Crippen LogP contribution is -2.44.